The summed E-state index contributed by atoms with van der Waals surface area (Å²) < 4.78 is 8.62. The van der Waals surface area contributed by atoms with Gasteiger partial charge in [-0.05, 0) is 82.9 Å². The first-order valence-electron chi connectivity index (χ1n) is 18.8. The maximum atomic E-state index is 6.30. The SMILES string of the molecule is c1ccc(-c2ccc(-c3cccc(-c4nc(-c5ccc6c(c5)oc5ccccc56)nc(-c5ccc6c(c5)c5ccccc5n6-c5ccccc5)n4)c3)cc2)cc1. The molecule has 0 aliphatic rings. The highest BCUT2D eigenvalue weighted by atomic mass is 16.3. The van der Waals surface area contributed by atoms with Gasteiger partial charge in [0.1, 0.15) is 11.2 Å². The van der Waals surface area contributed by atoms with Crippen molar-refractivity contribution in [2.24, 2.45) is 0 Å². The molecule has 5 heteroatoms. The minimum absolute atomic E-state index is 0.580. The summed E-state index contributed by atoms with van der Waals surface area (Å²) in [6.07, 6.45) is 0. The molecule has 56 heavy (non-hydrogen) atoms. The van der Waals surface area contributed by atoms with E-state index >= 15 is 0 Å². The summed E-state index contributed by atoms with van der Waals surface area (Å²) in [7, 11) is 0. The van der Waals surface area contributed by atoms with Gasteiger partial charge in [0.15, 0.2) is 17.5 Å². The van der Waals surface area contributed by atoms with Crippen LogP contribution in [0, 0.1) is 0 Å². The van der Waals surface area contributed by atoms with E-state index in [0.717, 1.165) is 71.9 Å². The molecular weight excluding hydrogens is 685 g/mol. The van der Waals surface area contributed by atoms with Crippen molar-refractivity contribution in [2.75, 3.05) is 0 Å². The van der Waals surface area contributed by atoms with E-state index in [1.807, 2.05) is 30.3 Å². The molecule has 0 spiro atoms. The Hall–Kier alpha value is -7.63. The van der Waals surface area contributed by atoms with Gasteiger partial charge in [-0.15, -0.1) is 0 Å². The van der Waals surface area contributed by atoms with Crippen LogP contribution in [0.25, 0.3) is 106 Å². The summed E-state index contributed by atoms with van der Waals surface area (Å²) in [5.74, 6) is 1.78. The molecule has 0 aliphatic carbocycles. The topological polar surface area (TPSA) is 56.7 Å². The lowest BCUT2D eigenvalue weighted by Crippen LogP contribution is -2.00. The fourth-order valence-corrected chi connectivity index (χ4v) is 7.92. The third kappa shape index (κ3) is 5.45. The Morgan fingerprint density at radius 2 is 0.804 bits per heavy atom. The molecule has 3 aromatic heterocycles. The number of para-hydroxylation sites is 3. The van der Waals surface area contributed by atoms with E-state index in [1.165, 1.54) is 16.5 Å². The Kier molecular flexibility index (Phi) is 7.42. The van der Waals surface area contributed by atoms with Crippen molar-refractivity contribution in [3.63, 3.8) is 0 Å². The van der Waals surface area contributed by atoms with Gasteiger partial charge in [-0.2, -0.15) is 0 Å². The van der Waals surface area contributed by atoms with E-state index in [-0.39, 0.29) is 0 Å². The van der Waals surface area contributed by atoms with Crippen molar-refractivity contribution >= 4 is 43.7 Å². The highest BCUT2D eigenvalue weighted by molar-refractivity contribution is 6.10. The first-order chi connectivity index (χ1) is 27.7. The van der Waals surface area contributed by atoms with Crippen LogP contribution in [-0.2, 0) is 0 Å². The van der Waals surface area contributed by atoms with E-state index < -0.39 is 0 Å². The summed E-state index contributed by atoms with van der Waals surface area (Å²) in [6, 6.07) is 67.5. The molecule has 0 N–H and O–H groups in total. The van der Waals surface area contributed by atoms with Gasteiger partial charge in [-0.25, -0.2) is 15.0 Å². The Balaban J connectivity index is 1.07. The lowest BCUT2D eigenvalue weighted by molar-refractivity contribution is 0.669. The smallest absolute Gasteiger partial charge is 0.164 e. The summed E-state index contributed by atoms with van der Waals surface area (Å²) in [5, 5.41) is 4.45. The van der Waals surface area contributed by atoms with Gasteiger partial charge < -0.3 is 8.98 Å². The van der Waals surface area contributed by atoms with Crippen LogP contribution in [-0.4, -0.2) is 19.5 Å². The van der Waals surface area contributed by atoms with Crippen LogP contribution in [0.15, 0.2) is 199 Å². The second-order valence-electron chi connectivity index (χ2n) is 14.1. The Bertz CT molecular complexity index is 3240. The first kappa shape index (κ1) is 31.9. The number of fused-ring (bicyclic) bond motifs is 6. The molecule has 0 bridgehead atoms. The zero-order chi connectivity index (χ0) is 37.0. The van der Waals surface area contributed by atoms with Crippen LogP contribution >= 0.6 is 0 Å². The summed E-state index contributed by atoms with van der Waals surface area (Å²) in [5.41, 5.74) is 12.3. The summed E-state index contributed by atoms with van der Waals surface area (Å²) in [4.78, 5) is 15.5. The Morgan fingerprint density at radius 3 is 1.57 bits per heavy atom. The molecule has 0 aliphatic heterocycles. The molecule has 0 saturated heterocycles. The van der Waals surface area contributed by atoms with Crippen LogP contribution in [0.3, 0.4) is 0 Å². The van der Waals surface area contributed by atoms with E-state index in [9.17, 15) is 0 Å². The fourth-order valence-electron chi connectivity index (χ4n) is 7.92. The van der Waals surface area contributed by atoms with E-state index in [2.05, 4.69) is 168 Å². The number of furan rings is 1. The Labute approximate surface area is 322 Å². The lowest BCUT2D eigenvalue weighted by atomic mass is 9.99. The average Bonchev–Trinajstić information content (AvgIpc) is 3.82. The van der Waals surface area contributed by atoms with Crippen LogP contribution in [0.1, 0.15) is 0 Å². The number of aromatic nitrogens is 4. The normalized spacial score (nSPS) is 11.6. The molecule has 0 fully saturated rings. The molecule has 8 aromatic carbocycles. The second-order valence-corrected chi connectivity index (χ2v) is 14.1. The molecule has 0 saturated carbocycles. The van der Waals surface area contributed by atoms with Gasteiger partial charge in [-0.1, -0.05) is 133 Å². The molecular formula is C51H32N4O. The Morgan fingerprint density at radius 1 is 0.304 bits per heavy atom. The van der Waals surface area contributed by atoms with E-state index in [1.54, 1.807) is 0 Å². The van der Waals surface area contributed by atoms with Gasteiger partial charge in [0.05, 0.1) is 11.0 Å². The van der Waals surface area contributed by atoms with Crippen LogP contribution < -0.4 is 0 Å². The number of hydrogen-bond acceptors (Lipinski definition) is 4. The predicted molar refractivity (Wildman–Crippen MR) is 229 cm³/mol. The number of benzene rings is 8. The largest absolute Gasteiger partial charge is 0.456 e. The molecule has 11 rings (SSSR count). The fraction of sp³-hybridized carbons (Fsp3) is 0. The molecule has 0 amide bonds. The highest BCUT2D eigenvalue weighted by Gasteiger charge is 2.18. The lowest BCUT2D eigenvalue weighted by Gasteiger charge is -2.11. The molecule has 3 heterocycles. The molecule has 0 atom stereocenters. The van der Waals surface area contributed by atoms with Gasteiger partial charge in [-0.3, -0.25) is 0 Å². The van der Waals surface area contributed by atoms with Gasteiger partial charge in [0, 0.05) is 43.9 Å². The predicted octanol–water partition coefficient (Wildman–Crippen LogP) is 13.2. The van der Waals surface area contributed by atoms with E-state index in [0.29, 0.717) is 17.5 Å². The molecule has 5 nitrogen and oxygen atoms in total. The minimum Gasteiger partial charge on any atom is -0.456 e. The van der Waals surface area contributed by atoms with Crippen molar-refractivity contribution < 1.29 is 4.42 Å². The second kappa shape index (κ2) is 13.0. The number of nitrogens with zero attached hydrogens (tertiary/aromatic N) is 4. The number of rotatable bonds is 6. The summed E-state index contributed by atoms with van der Waals surface area (Å²) in [6.45, 7) is 0. The minimum atomic E-state index is 0.580. The van der Waals surface area contributed by atoms with Crippen molar-refractivity contribution in [3.8, 4) is 62.1 Å². The third-order valence-electron chi connectivity index (χ3n) is 10.7. The molecule has 262 valence electrons. The zero-order valence-corrected chi connectivity index (χ0v) is 30.2. The van der Waals surface area contributed by atoms with Crippen molar-refractivity contribution in [2.45, 2.75) is 0 Å². The summed E-state index contributed by atoms with van der Waals surface area (Å²) >= 11 is 0. The third-order valence-corrected chi connectivity index (χ3v) is 10.7. The average molecular weight is 717 g/mol. The first-order valence-corrected chi connectivity index (χ1v) is 18.8. The van der Waals surface area contributed by atoms with Crippen LogP contribution in [0.2, 0.25) is 0 Å². The standard InChI is InChI=1S/C51H32N4O/c1-3-12-33(13-4-1)34-22-24-35(25-23-34)36-14-11-15-37(30-36)49-52-50(54-51(53-49)39-26-28-43-42-19-8-10-21-47(42)56-48(43)32-39)38-27-29-46-44(31-38)41-18-7-9-20-45(41)55(46)40-16-5-2-6-17-40/h1-32H. The quantitative estimate of drug-likeness (QED) is 0.172. The van der Waals surface area contributed by atoms with Crippen molar-refractivity contribution in [1.82, 2.24) is 19.5 Å². The highest BCUT2D eigenvalue weighted by Crippen LogP contribution is 2.37. The van der Waals surface area contributed by atoms with E-state index in [4.69, 9.17) is 19.4 Å². The zero-order valence-electron chi connectivity index (χ0n) is 30.2. The molecule has 0 unspecified atom stereocenters. The maximum Gasteiger partial charge on any atom is 0.164 e. The van der Waals surface area contributed by atoms with Crippen molar-refractivity contribution in [1.29, 1.82) is 0 Å². The van der Waals surface area contributed by atoms with Gasteiger partial charge in [0.2, 0.25) is 0 Å². The monoisotopic (exact) mass is 716 g/mol. The molecule has 0 radical (unpaired) electrons. The van der Waals surface area contributed by atoms with Crippen LogP contribution in [0.4, 0.5) is 0 Å². The van der Waals surface area contributed by atoms with Crippen LogP contribution in [0.5, 0.6) is 0 Å². The maximum absolute atomic E-state index is 6.30. The van der Waals surface area contributed by atoms with Crippen molar-refractivity contribution in [3.05, 3.63) is 194 Å². The number of hydrogen-bond donors (Lipinski definition) is 0. The molecule has 11 aromatic rings. The van der Waals surface area contributed by atoms with Gasteiger partial charge >= 0.3 is 0 Å². The van der Waals surface area contributed by atoms with Gasteiger partial charge in [0.25, 0.3) is 0 Å².